The predicted octanol–water partition coefficient (Wildman–Crippen LogP) is 5.86. The number of benzene rings is 3. The molecule has 3 aromatic carbocycles. The van der Waals surface area contributed by atoms with E-state index in [0.29, 0.717) is 13.1 Å². The minimum Gasteiger partial charge on any atom is -0.367 e. The average molecular weight is 424 g/mol. The molecule has 0 aliphatic carbocycles. The molecule has 1 amide bonds. The van der Waals surface area contributed by atoms with Crippen LogP contribution in [-0.4, -0.2) is 10.8 Å². The lowest BCUT2D eigenvalue weighted by molar-refractivity contribution is -0.112. The van der Waals surface area contributed by atoms with E-state index in [1.807, 2.05) is 83.8 Å². The number of carbonyl (C=O) groups excluding carboxylic acids is 1. The Morgan fingerprint density at radius 2 is 1.34 bits per heavy atom. The van der Waals surface area contributed by atoms with Crippen molar-refractivity contribution in [3.63, 3.8) is 0 Å². The molecular weight excluding hydrogens is 394 g/mol. The van der Waals surface area contributed by atoms with Crippen molar-refractivity contribution in [2.75, 3.05) is 5.32 Å². The Morgan fingerprint density at radius 3 is 1.78 bits per heavy atom. The molecule has 0 aliphatic heterocycles. The summed E-state index contributed by atoms with van der Waals surface area (Å²) in [5.74, 6) is -0.380. The molecule has 0 radical (unpaired) electrons. The molecule has 0 atom stereocenters. The Morgan fingerprint density at radius 1 is 0.844 bits per heavy atom. The van der Waals surface area contributed by atoms with E-state index >= 15 is 0 Å². The van der Waals surface area contributed by atoms with Crippen LogP contribution in [0.3, 0.4) is 0 Å². The number of nitrogens with zero attached hydrogens (tertiary/aromatic N) is 2. The van der Waals surface area contributed by atoms with Crippen molar-refractivity contribution in [2.24, 2.45) is 0 Å². The Bertz CT molecular complexity index is 1030. The molecule has 0 saturated carbocycles. The molecular formula is C28H29N3O. The second-order valence-corrected chi connectivity index (χ2v) is 7.64. The number of nitriles is 1. The van der Waals surface area contributed by atoms with Gasteiger partial charge in [-0.1, -0.05) is 92.7 Å². The predicted molar refractivity (Wildman–Crippen MR) is 130 cm³/mol. The molecule has 0 saturated heterocycles. The van der Waals surface area contributed by atoms with Crippen molar-refractivity contribution in [1.82, 2.24) is 4.90 Å². The number of nitrogens with one attached hydrogen (secondary N) is 1. The lowest BCUT2D eigenvalue weighted by Gasteiger charge is -2.22. The van der Waals surface area contributed by atoms with Crippen LogP contribution in [0.25, 0.3) is 0 Å². The van der Waals surface area contributed by atoms with Crippen LogP contribution >= 0.6 is 0 Å². The van der Waals surface area contributed by atoms with Gasteiger partial charge < -0.3 is 10.2 Å². The highest BCUT2D eigenvalue weighted by Crippen LogP contribution is 2.23. The lowest BCUT2D eigenvalue weighted by Crippen LogP contribution is -2.22. The van der Waals surface area contributed by atoms with Gasteiger partial charge >= 0.3 is 0 Å². The van der Waals surface area contributed by atoms with Crippen LogP contribution in [0.15, 0.2) is 90.6 Å². The van der Waals surface area contributed by atoms with Crippen LogP contribution < -0.4 is 5.32 Å². The second-order valence-electron chi connectivity index (χ2n) is 7.64. The lowest BCUT2D eigenvalue weighted by atomic mass is 10.0. The number of amides is 1. The van der Waals surface area contributed by atoms with Crippen molar-refractivity contribution in [3.05, 3.63) is 113 Å². The zero-order valence-electron chi connectivity index (χ0n) is 18.7. The van der Waals surface area contributed by atoms with Gasteiger partial charge in [0.15, 0.2) is 0 Å². The van der Waals surface area contributed by atoms with Crippen LogP contribution in [0.5, 0.6) is 0 Å². The van der Waals surface area contributed by atoms with Gasteiger partial charge in [-0.15, -0.1) is 0 Å². The van der Waals surface area contributed by atoms with E-state index in [1.165, 1.54) is 0 Å². The fourth-order valence-corrected chi connectivity index (χ4v) is 3.69. The summed E-state index contributed by atoms with van der Waals surface area (Å²) in [6.07, 6.45) is 3.29. The quantitative estimate of drug-likeness (QED) is 0.346. The number of hydrogen-bond donors (Lipinski definition) is 1. The van der Waals surface area contributed by atoms with E-state index in [2.05, 4.69) is 25.2 Å². The van der Waals surface area contributed by atoms with Crippen LogP contribution in [-0.2, 0) is 30.7 Å². The summed E-state index contributed by atoms with van der Waals surface area (Å²) in [5.41, 5.74) is 5.27. The third kappa shape index (κ3) is 6.09. The molecule has 4 heteroatoms. The standard InChI is InChI=1S/C28H29N3O/c1-3-24-16-11-17-25(4-2)27(24)30-28(32)26(18-29)21-31(19-22-12-7-5-8-13-22)20-23-14-9-6-10-15-23/h5-17,21H,3-4,19-20H2,1-2H3,(H,30,32)/b26-21-. The van der Waals surface area contributed by atoms with Crippen LogP contribution in [0, 0.1) is 11.3 Å². The highest BCUT2D eigenvalue weighted by molar-refractivity contribution is 6.07. The molecule has 0 aromatic heterocycles. The fourth-order valence-electron chi connectivity index (χ4n) is 3.69. The number of anilines is 1. The number of aryl methyl sites for hydroxylation is 2. The maximum atomic E-state index is 13.1. The number of hydrogen-bond acceptors (Lipinski definition) is 3. The normalized spacial score (nSPS) is 11.0. The van der Waals surface area contributed by atoms with Gasteiger partial charge in [0.25, 0.3) is 5.91 Å². The molecule has 4 nitrogen and oxygen atoms in total. The largest absolute Gasteiger partial charge is 0.367 e. The molecule has 3 rings (SSSR count). The Hall–Kier alpha value is -3.84. The third-order valence-corrected chi connectivity index (χ3v) is 5.37. The van der Waals surface area contributed by atoms with Gasteiger partial charge in [0.05, 0.1) is 0 Å². The molecule has 1 N–H and O–H groups in total. The monoisotopic (exact) mass is 423 g/mol. The maximum Gasteiger partial charge on any atom is 0.267 e. The van der Waals surface area contributed by atoms with Gasteiger partial charge in [0.2, 0.25) is 0 Å². The Balaban J connectivity index is 1.88. The molecule has 3 aromatic rings. The van der Waals surface area contributed by atoms with Crippen molar-refractivity contribution in [3.8, 4) is 6.07 Å². The van der Waals surface area contributed by atoms with Gasteiger partial charge in [-0.25, -0.2) is 0 Å². The summed E-state index contributed by atoms with van der Waals surface area (Å²) in [6.45, 7) is 5.32. The molecule has 0 bridgehead atoms. The summed E-state index contributed by atoms with van der Waals surface area (Å²) in [4.78, 5) is 15.1. The topological polar surface area (TPSA) is 56.1 Å². The first-order valence-electron chi connectivity index (χ1n) is 11.0. The first-order chi connectivity index (χ1) is 15.6. The molecule has 162 valence electrons. The van der Waals surface area contributed by atoms with E-state index in [1.54, 1.807) is 6.20 Å². The van der Waals surface area contributed by atoms with Crippen LogP contribution in [0.1, 0.15) is 36.1 Å². The summed E-state index contributed by atoms with van der Waals surface area (Å²) in [7, 11) is 0. The highest BCUT2D eigenvalue weighted by Gasteiger charge is 2.16. The fraction of sp³-hybridized carbons (Fsp3) is 0.214. The van der Waals surface area contributed by atoms with Crippen molar-refractivity contribution in [2.45, 2.75) is 39.8 Å². The van der Waals surface area contributed by atoms with Gasteiger partial charge in [0.1, 0.15) is 11.6 Å². The zero-order chi connectivity index (χ0) is 22.8. The second kappa shape index (κ2) is 11.5. The summed E-state index contributed by atoms with van der Waals surface area (Å²) in [5, 5.41) is 12.8. The summed E-state index contributed by atoms with van der Waals surface area (Å²) < 4.78 is 0. The van der Waals surface area contributed by atoms with E-state index in [9.17, 15) is 10.1 Å². The molecule has 0 aliphatic rings. The smallest absolute Gasteiger partial charge is 0.267 e. The number of para-hydroxylation sites is 1. The van der Waals surface area contributed by atoms with Gasteiger partial charge in [-0.05, 0) is 35.1 Å². The molecule has 0 unspecified atom stereocenters. The van der Waals surface area contributed by atoms with Gasteiger partial charge in [0, 0.05) is 25.0 Å². The van der Waals surface area contributed by atoms with Gasteiger partial charge in [-0.2, -0.15) is 5.26 Å². The first-order valence-corrected chi connectivity index (χ1v) is 11.0. The summed E-state index contributed by atoms with van der Waals surface area (Å²) >= 11 is 0. The summed E-state index contributed by atoms with van der Waals surface area (Å²) in [6, 6.07) is 28.2. The van der Waals surface area contributed by atoms with Crippen LogP contribution in [0.4, 0.5) is 5.69 Å². The van der Waals surface area contributed by atoms with E-state index in [4.69, 9.17) is 0 Å². The SMILES string of the molecule is CCc1cccc(CC)c1NC(=O)/C(C#N)=C\N(Cc1ccccc1)Cc1ccccc1. The average Bonchev–Trinajstić information content (AvgIpc) is 2.83. The third-order valence-electron chi connectivity index (χ3n) is 5.37. The van der Waals surface area contributed by atoms with Crippen molar-refractivity contribution < 1.29 is 4.79 Å². The zero-order valence-corrected chi connectivity index (χ0v) is 18.7. The Kier molecular flexibility index (Phi) is 8.22. The van der Waals surface area contributed by atoms with E-state index in [0.717, 1.165) is 40.8 Å². The molecule has 0 heterocycles. The van der Waals surface area contributed by atoms with Gasteiger partial charge in [-0.3, -0.25) is 4.79 Å². The molecule has 0 fully saturated rings. The Labute approximate surface area is 190 Å². The van der Waals surface area contributed by atoms with Crippen molar-refractivity contribution >= 4 is 11.6 Å². The van der Waals surface area contributed by atoms with E-state index in [-0.39, 0.29) is 11.5 Å². The number of rotatable bonds is 9. The minimum absolute atomic E-state index is 0.0878. The molecule has 0 spiro atoms. The van der Waals surface area contributed by atoms with E-state index < -0.39 is 0 Å². The molecule has 32 heavy (non-hydrogen) atoms. The minimum atomic E-state index is -0.380. The van der Waals surface area contributed by atoms with Crippen molar-refractivity contribution in [1.29, 1.82) is 5.26 Å². The number of carbonyl (C=O) groups is 1. The highest BCUT2D eigenvalue weighted by atomic mass is 16.1. The maximum absolute atomic E-state index is 13.1. The van der Waals surface area contributed by atoms with Crippen LogP contribution in [0.2, 0.25) is 0 Å². The first kappa shape index (κ1) is 22.8.